The number of rotatable bonds is 2. The van der Waals surface area contributed by atoms with Crippen LogP contribution in [0.1, 0.15) is 31.5 Å². The van der Waals surface area contributed by atoms with Crippen LogP contribution in [0.5, 0.6) is 0 Å². The van der Waals surface area contributed by atoms with E-state index in [2.05, 4.69) is 9.97 Å². The van der Waals surface area contributed by atoms with Gasteiger partial charge in [0.2, 0.25) is 11.9 Å². The van der Waals surface area contributed by atoms with Gasteiger partial charge in [-0.25, -0.2) is 9.97 Å². The summed E-state index contributed by atoms with van der Waals surface area (Å²) in [7, 11) is 3.83. The third-order valence-electron chi connectivity index (χ3n) is 3.06. The number of carbonyl (C=O) groups is 1. The van der Waals surface area contributed by atoms with E-state index in [-0.39, 0.29) is 11.9 Å². The van der Waals surface area contributed by atoms with Gasteiger partial charge >= 0.3 is 0 Å². The molecular weight excluding hydrogens is 216 g/mol. The SMILES string of the molecule is CC(=O)N1CCCC1c1ccnc(N(C)C)n1. The van der Waals surface area contributed by atoms with Crippen LogP contribution in [0.25, 0.3) is 0 Å². The normalized spacial score (nSPS) is 19.5. The molecule has 5 heteroatoms. The molecule has 1 aliphatic heterocycles. The molecule has 1 aromatic rings. The number of amides is 1. The molecule has 0 aliphatic carbocycles. The lowest BCUT2D eigenvalue weighted by molar-refractivity contribution is -0.129. The van der Waals surface area contributed by atoms with Crippen molar-refractivity contribution >= 4 is 11.9 Å². The van der Waals surface area contributed by atoms with Gasteiger partial charge in [-0.1, -0.05) is 0 Å². The van der Waals surface area contributed by atoms with Gasteiger partial charge in [0.15, 0.2) is 0 Å². The van der Waals surface area contributed by atoms with E-state index in [1.54, 1.807) is 13.1 Å². The highest BCUT2D eigenvalue weighted by Crippen LogP contribution is 2.30. The van der Waals surface area contributed by atoms with Gasteiger partial charge in [-0.05, 0) is 18.9 Å². The van der Waals surface area contributed by atoms with E-state index in [0.29, 0.717) is 5.95 Å². The number of anilines is 1. The molecule has 1 aliphatic rings. The first-order valence-corrected chi connectivity index (χ1v) is 5.87. The molecule has 1 atom stereocenters. The zero-order chi connectivity index (χ0) is 12.4. The van der Waals surface area contributed by atoms with E-state index in [1.165, 1.54) is 0 Å². The van der Waals surface area contributed by atoms with Gasteiger partial charge < -0.3 is 9.80 Å². The zero-order valence-corrected chi connectivity index (χ0v) is 10.6. The quantitative estimate of drug-likeness (QED) is 0.772. The highest BCUT2D eigenvalue weighted by molar-refractivity contribution is 5.74. The van der Waals surface area contributed by atoms with Crippen molar-refractivity contribution in [2.75, 3.05) is 25.5 Å². The second kappa shape index (κ2) is 4.69. The van der Waals surface area contributed by atoms with Gasteiger partial charge in [-0.15, -0.1) is 0 Å². The van der Waals surface area contributed by atoms with Gasteiger partial charge in [-0.3, -0.25) is 4.79 Å². The molecule has 0 radical (unpaired) electrons. The van der Waals surface area contributed by atoms with E-state index < -0.39 is 0 Å². The number of hydrogen-bond donors (Lipinski definition) is 0. The molecule has 92 valence electrons. The molecule has 2 rings (SSSR count). The van der Waals surface area contributed by atoms with Crippen molar-refractivity contribution < 1.29 is 4.79 Å². The summed E-state index contributed by atoms with van der Waals surface area (Å²) in [5, 5.41) is 0. The van der Waals surface area contributed by atoms with Gasteiger partial charge in [0.05, 0.1) is 11.7 Å². The predicted octanol–water partition coefficient (Wildman–Crippen LogP) is 1.23. The molecule has 0 N–H and O–H groups in total. The minimum Gasteiger partial charge on any atom is -0.347 e. The van der Waals surface area contributed by atoms with Crippen molar-refractivity contribution in [3.05, 3.63) is 18.0 Å². The molecule has 0 bridgehead atoms. The van der Waals surface area contributed by atoms with Crippen LogP contribution in [-0.4, -0.2) is 41.4 Å². The molecule has 1 amide bonds. The van der Waals surface area contributed by atoms with Crippen LogP contribution in [0.4, 0.5) is 5.95 Å². The smallest absolute Gasteiger partial charge is 0.225 e. The van der Waals surface area contributed by atoms with E-state index in [9.17, 15) is 4.79 Å². The number of hydrogen-bond acceptors (Lipinski definition) is 4. The molecule has 17 heavy (non-hydrogen) atoms. The monoisotopic (exact) mass is 234 g/mol. The standard InChI is InChI=1S/C12H18N4O/c1-9(17)16-8-4-5-11(16)10-6-7-13-12(14-10)15(2)3/h6-7,11H,4-5,8H2,1-3H3. The van der Waals surface area contributed by atoms with Crippen LogP contribution in [0.2, 0.25) is 0 Å². The lowest BCUT2D eigenvalue weighted by Gasteiger charge is -2.23. The van der Waals surface area contributed by atoms with Crippen molar-refractivity contribution in [3.63, 3.8) is 0 Å². The van der Waals surface area contributed by atoms with Gasteiger partial charge in [0.1, 0.15) is 0 Å². The highest BCUT2D eigenvalue weighted by atomic mass is 16.2. The van der Waals surface area contributed by atoms with E-state index in [0.717, 1.165) is 25.1 Å². The fraction of sp³-hybridized carbons (Fsp3) is 0.583. The maximum atomic E-state index is 11.5. The molecule has 5 nitrogen and oxygen atoms in total. The fourth-order valence-corrected chi connectivity index (χ4v) is 2.21. The van der Waals surface area contributed by atoms with Crippen molar-refractivity contribution in [2.24, 2.45) is 0 Å². The Hall–Kier alpha value is -1.65. The van der Waals surface area contributed by atoms with Crippen LogP contribution in [0, 0.1) is 0 Å². The van der Waals surface area contributed by atoms with Crippen molar-refractivity contribution in [1.29, 1.82) is 0 Å². The Morgan fingerprint density at radius 3 is 2.94 bits per heavy atom. The largest absolute Gasteiger partial charge is 0.347 e. The van der Waals surface area contributed by atoms with Gasteiger partial charge in [0.25, 0.3) is 0 Å². The summed E-state index contributed by atoms with van der Waals surface area (Å²) in [5.41, 5.74) is 0.941. The summed E-state index contributed by atoms with van der Waals surface area (Å²) in [6.07, 6.45) is 3.79. The Labute approximate surface area is 101 Å². The second-order valence-corrected chi connectivity index (χ2v) is 4.55. The molecule has 1 aromatic heterocycles. The average Bonchev–Trinajstić information content (AvgIpc) is 2.78. The Balaban J connectivity index is 2.27. The topological polar surface area (TPSA) is 49.3 Å². The first kappa shape index (κ1) is 11.8. The molecule has 1 unspecified atom stereocenters. The average molecular weight is 234 g/mol. The van der Waals surface area contributed by atoms with Crippen molar-refractivity contribution in [3.8, 4) is 0 Å². The Morgan fingerprint density at radius 1 is 1.53 bits per heavy atom. The van der Waals surface area contributed by atoms with Crippen LogP contribution in [0.3, 0.4) is 0 Å². The Bertz CT molecular complexity index is 419. The molecule has 1 fully saturated rings. The number of carbonyl (C=O) groups excluding carboxylic acids is 1. The maximum Gasteiger partial charge on any atom is 0.225 e. The van der Waals surface area contributed by atoms with Crippen molar-refractivity contribution in [1.82, 2.24) is 14.9 Å². The minimum atomic E-state index is 0.120. The molecule has 0 spiro atoms. The van der Waals surface area contributed by atoms with E-state index in [1.807, 2.05) is 30.0 Å². The summed E-state index contributed by atoms with van der Waals surface area (Å²) < 4.78 is 0. The third-order valence-corrected chi connectivity index (χ3v) is 3.06. The molecule has 2 heterocycles. The van der Waals surface area contributed by atoms with E-state index in [4.69, 9.17) is 0 Å². The Morgan fingerprint density at radius 2 is 2.29 bits per heavy atom. The van der Waals surface area contributed by atoms with Gasteiger partial charge in [-0.2, -0.15) is 0 Å². The first-order chi connectivity index (χ1) is 8.09. The lowest BCUT2D eigenvalue weighted by atomic mass is 10.1. The highest BCUT2D eigenvalue weighted by Gasteiger charge is 2.29. The minimum absolute atomic E-state index is 0.120. The zero-order valence-electron chi connectivity index (χ0n) is 10.6. The third kappa shape index (κ3) is 2.38. The van der Waals surface area contributed by atoms with Crippen LogP contribution in [0.15, 0.2) is 12.3 Å². The van der Waals surface area contributed by atoms with Gasteiger partial charge in [0, 0.05) is 33.8 Å². The summed E-state index contributed by atoms with van der Waals surface area (Å²) in [6.45, 7) is 2.45. The summed E-state index contributed by atoms with van der Waals surface area (Å²) in [6, 6.07) is 2.02. The predicted molar refractivity (Wildman–Crippen MR) is 65.7 cm³/mol. The first-order valence-electron chi connectivity index (χ1n) is 5.87. The second-order valence-electron chi connectivity index (χ2n) is 4.55. The molecule has 1 saturated heterocycles. The number of likely N-dealkylation sites (tertiary alicyclic amines) is 1. The molecular formula is C12H18N4O. The van der Waals surface area contributed by atoms with Crippen molar-refractivity contribution in [2.45, 2.75) is 25.8 Å². The van der Waals surface area contributed by atoms with E-state index >= 15 is 0 Å². The maximum absolute atomic E-state index is 11.5. The molecule has 0 saturated carbocycles. The van der Waals surface area contributed by atoms with Crippen LogP contribution in [-0.2, 0) is 4.79 Å². The fourth-order valence-electron chi connectivity index (χ4n) is 2.21. The Kier molecular flexibility index (Phi) is 3.26. The van der Waals surface area contributed by atoms with Crippen LogP contribution < -0.4 is 4.90 Å². The number of nitrogens with zero attached hydrogens (tertiary/aromatic N) is 4. The van der Waals surface area contributed by atoms with Crippen LogP contribution >= 0.6 is 0 Å². The molecule has 0 aromatic carbocycles. The summed E-state index contributed by atoms with van der Waals surface area (Å²) in [4.78, 5) is 24.0. The summed E-state index contributed by atoms with van der Waals surface area (Å²) >= 11 is 0. The summed E-state index contributed by atoms with van der Waals surface area (Å²) in [5.74, 6) is 0.815. The lowest BCUT2D eigenvalue weighted by Crippen LogP contribution is -2.29. The number of aromatic nitrogens is 2.